The highest BCUT2D eigenvalue weighted by atomic mass is 35.5. The summed E-state index contributed by atoms with van der Waals surface area (Å²) in [5, 5.41) is 0.939. The number of ether oxygens (including phenoxy) is 1. The SMILES string of the molecule is CCc1ccnc(C(=O)c2[nH]c3cc(Cl)ccc3c2OC(C)=O)c1F. The number of nitrogens with zero attached hydrogens (tertiary/aromatic N) is 1. The number of aromatic nitrogens is 2. The second-order valence-corrected chi connectivity index (χ2v) is 5.86. The number of rotatable bonds is 4. The number of pyridine rings is 1. The van der Waals surface area contributed by atoms with E-state index in [1.54, 1.807) is 25.1 Å². The molecule has 0 radical (unpaired) electrons. The number of hydrogen-bond donors (Lipinski definition) is 1. The second kappa shape index (κ2) is 6.64. The number of hydrogen-bond acceptors (Lipinski definition) is 4. The molecule has 0 atom stereocenters. The maximum absolute atomic E-state index is 14.5. The van der Waals surface area contributed by atoms with E-state index in [4.69, 9.17) is 16.3 Å². The van der Waals surface area contributed by atoms with Crippen LogP contribution >= 0.6 is 11.6 Å². The zero-order chi connectivity index (χ0) is 18.1. The van der Waals surface area contributed by atoms with E-state index in [2.05, 4.69) is 9.97 Å². The molecule has 3 aromatic rings. The summed E-state index contributed by atoms with van der Waals surface area (Å²) in [6.07, 6.45) is 1.80. The number of carbonyl (C=O) groups excluding carboxylic acids is 2. The monoisotopic (exact) mass is 360 g/mol. The van der Waals surface area contributed by atoms with Crippen molar-refractivity contribution >= 4 is 34.3 Å². The fourth-order valence-electron chi connectivity index (χ4n) is 2.59. The zero-order valence-corrected chi connectivity index (χ0v) is 14.3. The zero-order valence-electron chi connectivity index (χ0n) is 13.5. The minimum absolute atomic E-state index is 0.0345. The molecule has 0 amide bonds. The molecule has 1 aromatic carbocycles. The smallest absolute Gasteiger partial charge is 0.308 e. The van der Waals surface area contributed by atoms with Crippen molar-refractivity contribution in [1.29, 1.82) is 0 Å². The maximum Gasteiger partial charge on any atom is 0.308 e. The van der Waals surface area contributed by atoms with Crippen LogP contribution in [0, 0.1) is 5.82 Å². The van der Waals surface area contributed by atoms with E-state index in [0.29, 0.717) is 27.9 Å². The van der Waals surface area contributed by atoms with Crippen LogP contribution < -0.4 is 4.74 Å². The molecule has 0 spiro atoms. The van der Waals surface area contributed by atoms with E-state index in [1.807, 2.05) is 0 Å². The number of halogens is 2. The number of aromatic amines is 1. The lowest BCUT2D eigenvalue weighted by atomic mass is 10.1. The van der Waals surface area contributed by atoms with Crippen molar-refractivity contribution in [2.45, 2.75) is 20.3 Å². The van der Waals surface area contributed by atoms with Crippen LogP contribution in [0.1, 0.15) is 35.6 Å². The molecule has 7 heteroatoms. The van der Waals surface area contributed by atoms with Crippen molar-refractivity contribution in [3.8, 4) is 5.75 Å². The van der Waals surface area contributed by atoms with Crippen molar-refractivity contribution in [2.75, 3.05) is 0 Å². The van der Waals surface area contributed by atoms with Crippen LogP contribution in [0.5, 0.6) is 5.75 Å². The van der Waals surface area contributed by atoms with Crippen LogP contribution in [0.4, 0.5) is 4.39 Å². The van der Waals surface area contributed by atoms with E-state index in [0.717, 1.165) is 0 Å². The lowest BCUT2D eigenvalue weighted by molar-refractivity contribution is -0.131. The molecule has 25 heavy (non-hydrogen) atoms. The Balaban J connectivity index is 2.20. The van der Waals surface area contributed by atoms with Crippen molar-refractivity contribution in [1.82, 2.24) is 9.97 Å². The Morgan fingerprint density at radius 1 is 1.32 bits per heavy atom. The third-order valence-electron chi connectivity index (χ3n) is 3.75. The fraction of sp³-hybridized carbons (Fsp3) is 0.167. The molecular formula is C18H14ClFN2O3. The predicted molar refractivity (Wildman–Crippen MR) is 91.6 cm³/mol. The van der Waals surface area contributed by atoms with Gasteiger partial charge in [0.2, 0.25) is 5.78 Å². The first-order chi connectivity index (χ1) is 11.9. The molecule has 2 aromatic heterocycles. The summed E-state index contributed by atoms with van der Waals surface area (Å²) in [6, 6.07) is 6.34. The number of H-pyrrole nitrogens is 1. The number of benzene rings is 1. The second-order valence-electron chi connectivity index (χ2n) is 5.43. The fourth-order valence-corrected chi connectivity index (χ4v) is 2.76. The molecule has 0 saturated heterocycles. The summed E-state index contributed by atoms with van der Waals surface area (Å²) in [6.45, 7) is 3.00. The summed E-state index contributed by atoms with van der Waals surface area (Å²) < 4.78 is 19.7. The average molecular weight is 361 g/mol. The van der Waals surface area contributed by atoms with E-state index in [1.165, 1.54) is 19.2 Å². The van der Waals surface area contributed by atoms with Gasteiger partial charge in [-0.3, -0.25) is 9.59 Å². The molecule has 0 saturated carbocycles. The first-order valence-corrected chi connectivity index (χ1v) is 7.97. The van der Waals surface area contributed by atoms with Gasteiger partial charge in [-0.25, -0.2) is 9.37 Å². The summed E-state index contributed by atoms with van der Waals surface area (Å²) in [5.74, 6) is -1.94. The minimum Gasteiger partial charge on any atom is -0.424 e. The van der Waals surface area contributed by atoms with Crippen molar-refractivity contribution in [3.05, 3.63) is 58.3 Å². The van der Waals surface area contributed by atoms with Gasteiger partial charge in [0.15, 0.2) is 11.6 Å². The topological polar surface area (TPSA) is 72.1 Å². The number of esters is 1. The number of fused-ring (bicyclic) bond motifs is 1. The molecule has 0 aliphatic heterocycles. The highest BCUT2D eigenvalue weighted by Crippen LogP contribution is 2.33. The molecule has 2 heterocycles. The van der Waals surface area contributed by atoms with Crippen LogP contribution in [0.15, 0.2) is 30.5 Å². The highest BCUT2D eigenvalue weighted by Gasteiger charge is 2.26. The lowest BCUT2D eigenvalue weighted by Gasteiger charge is -2.06. The van der Waals surface area contributed by atoms with Gasteiger partial charge in [0.25, 0.3) is 0 Å². The first kappa shape index (κ1) is 17.1. The number of ketones is 1. The Bertz CT molecular complexity index is 997. The number of aryl methyl sites for hydroxylation is 1. The molecule has 1 N–H and O–H groups in total. The highest BCUT2D eigenvalue weighted by molar-refractivity contribution is 6.31. The van der Waals surface area contributed by atoms with Gasteiger partial charge in [-0.05, 0) is 36.2 Å². The van der Waals surface area contributed by atoms with E-state index in [9.17, 15) is 14.0 Å². The first-order valence-electron chi connectivity index (χ1n) is 7.60. The molecule has 0 fully saturated rings. The molecule has 0 bridgehead atoms. The Kier molecular flexibility index (Phi) is 4.55. The number of nitrogens with one attached hydrogen (secondary N) is 1. The van der Waals surface area contributed by atoms with Crippen LogP contribution in [0.25, 0.3) is 10.9 Å². The quantitative estimate of drug-likeness (QED) is 0.562. The van der Waals surface area contributed by atoms with Crippen molar-refractivity contribution < 1.29 is 18.7 Å². The van der Waals surface area contributed by atoms with E-state index in [-0.39, 0.29) is 17.1 Å². The molecule has 0 aliphatic rings. The van der Waals surface area contributed by atoms with Crippen LogP contribution in [0.3, 0.4) is 0 Å². The third kappa shape index (κ3) is 3.13. The number of carbonyl (C=O) groups is 2. The Hall–Kier alpha value is -2.73. The maximum atomic E-state index is 14.5. The van der Waals surface area contributed by atoms with Gasteiger partial charge in [-0.15, -0.1) is 0 Å². The summed E-state index contributed by atoms with van der Waals surface area (Å²) >= 11 is 5.96. The van der Waals surface area contributed by atoms with Gasteiger partial charge >= 0.3 is 5.97 Å². The molecule has 3 rings (SSSR count). The molecular weight excluding hydrogens is 347 g/mol. The lowest BCUT2D eigenvalue weighted by Crippen LogP contribution is -2.12. The Labute approximate surface area is 147 Å². The molecule has 0 unspecified atom stereocenters. The normalized spacial score (nSPS) is 10.9. The van der Waals surface area contributed by atoms with Gasteiger partial charge in [0, 0.05) is 23.5 Å². The third-order valence-corrected chi connectivity index (χ3v) is 3.99. The predicted octanol–water partition coefficient (Wildman–Crippen LogP) is 4.07. The minimum atomic E-state index is -0.698. The van der Waals surface area contributed by atoms with Crippen LogP contribution in [-0.4, -0.2) is 21.7 Å². The van der Waals surface area contributed by atoms with Gasteiger partial charge in [-0.2, -0.15) is 0 Å². The van der Waals surface area contributed by atoms with Gasteiger partial charge in [-0.1, -0.05) is 18.5 Å². The summed E-state index contributed by atoms with van der Waals surface area (Å²) in [4.78, 5) is 31.0. The van der Waals surface area contributed by atoms with Crippen LogP contribution in [-0.2, 0) is 11.2 Å². The summed E-state index contributed by atoms with van der Waals surface area (Å²) in [7, 11) is 0. The molecule has 128 valence electrons. The van der Waals surface area contributed by atoms with Crippen molar-refractivity contribution in [3.63, 3.8) is 0 Å². The van der Waals surface area contributed by atoms with E-state index < -0.39 is 17.6 Å². The van der Waals surface area contributed by atoms with Crippen molar-refractivity contribution in [2.24, 2.45) is 0 Å². The largest absolute Gasteiger partial charge is 0.424 e. The average Bonchev–Trinajstić information content (AvgIpc) is 2.91. The molecule has 0 aliphatic carbocycles. The van der Waals surface area contributed by atoms with Gasteiger partial charge in [0.1, 0.15) is 11.4 Å². The Morgan fingerprint density at radius 2 is 2.08 bits per heavy atom. The van der Waals surface area contributed by atoms with Gasteiger partial charge in [0.05, 0.1) is 5.52 Å². The van der Waals surface area contributed by atoms with E-state index >= 15 is 0 Å². The standard InChI is InChI=1S/C18H14ClFN2O3/c1-3-10-6-7-21-15(14(10)20)17(24)16-18(25-9(2)23)12-5-4-11(19)8-13(12)22-16/h4-8,22H,3H2,1-2H3. The molecule has 5 nitrogen and oxygen atoms in total. The van der Waals surface area contributed by atoms with Crippen LogP contribution in [0.2, 0.25) is 5.02 Å². The van der Waals surface area contributed by atoms with Gasteiger partial charge < -0.3 is 9.72 Å². The summed E-state index contributed by atoms with van der Waals surface area (Å²) in [5.41, 5.74) is 0.503. The Morgan fingerprint density at radius 3 is 2.76 bits per heavy atom.